The fraction of sp³-hybridized carbons (Fsp3) is 0.538. The summed E-state index contributed by atoms with van der Waals surface area (Å²) in [5.41, 5.74) is 0.0728. The largest absolute Gasteiger partial charge is 0.478 e. The fourth-order valence-electron chi connectivity index (χ4n) is 2.25. The van der Waals surface area contributed by atoms with Crippen molar-refractivity contribution in [3.8, 4) is 0 Å². The standard InChI is InChI=1S/C13H17NO4/c1-8-6-14(7-9(8)2)12(15)5-11-10(13(16)17)3-4-18-11/h3-4,8-9H,5-7H2,1-2H3,(H,16,17). The molecule has 98 valence electrons. The van der Waals surface area contributed by atoms with Crippen molar-refractivity contribution in [3.05, 3.63) is 23.7 Å². The third kappa shape index (κ3) is 2.39. The Balaban J connectivity index is 2.04. The van der Waals surface area contributed by atoms with Crippen LogP contribution in [-0.4, -0.2) is 35.0 Å². The molecule has 2 atom stereocenters. The van der Waals surface area contributed by atoms with Gasteiger partial charge in [-0.25, -0.2) is 4.79 Å². The molecule has 1 amide bonds. The molecule has 1 aromatic rings. The summed E-state index contributed by atoms with van der Waals surface area (Å²) in [5, 5.41) is 8.93. The van der Waals surface area contributed by atoms with Crippen LogP contribution < -0.4 is 0 Å². The van der Waals surface area contributed by atoms with Crippen LogP contribution in [0.1, 0.15) is 30.0 Å². The van der Waals surface area contributed by atoms with Crippen LogP contribution in [0.5, 0.6) is 0 Å². The van der Waals surface area contributed by atoms with Gasteiger partial charge in [-0.15, -0.1) is 0 Å². The Kier molecular flexibility index (Phi) is 3.41. The summed E-state index contributed by atoms with van der Waals surface area (Å²) in [6.45, 7) is 5.72. The van der Waals surface area contributed by atoms with Crippen molar-refractivity contribution in [2.75, 3.05) is 13.1 Å². The molecule has 0 spiro atoms. The van der Waals surface area contributed by atoms with Gasteiger partial charge in [0.25, 0.3) is 0 Å². The highest BCUT2D eigenvalue weighted by molar-refractivity contribution is 5.90. The number of nitrogens with zero attached hydrogens (tertiary/aromatic N) is 1. The van der Waals surface area contributed by atoms with Crippen LogP contribution in [0.25, 0.3) is 0 Å². The van der Waals surface area contributed by atoms with Crippen molar-refractivity contribution in [2.45, 2.75) is 20.3 Å². The Hall–Kier alpha value is -1.78. The van der Waals surface area contributed by atoms with E-state index in [9.17, 15) is 9.59 Å². The van der Waals surface area contributed by atoms with Gasteiger partial charge in [-0.05, 0) is 17.9 Å². The molecule has 5 nitrogen and oxygen atoms in total. The Morgan fingerprint density at radius 1 is 1.39 bits per heavy atom. The van der Waals surface area contributed by atoms with E-state index in [0.717, 1.165) is 13.1 Å². The average molecular weight is 251 g/mol. The predicted octanol–water partition coefficient (Wildman–Crippen LogP) is 1.63. The first-order valence-corrected chi connectivity index (χ1v) is 6.06. The highest BCUT2D eigenvalue weighted by atomic mass is 16.4. The van der Waals surface area contributed by atoms with E-state index >= 15 is 0 Å². The number of amides is 1. The lowest BCUT2D eigenvalue weighted by Gasteiger charge is -2.15. The second kappa shape index (κ2) is 4.84. The number of carboxylic acids is 1. The molecule has 1 N–H and O–H groups in total. The third-order valence-electron chi connectivity index (χ3n) is 3.63. The number of likely N-dealkylation sites (tertiary alicyclic amines) is 1. The SMILES string of the molecule is CC1CN(C(=O)Cc2occc2C(=O)O)CC1C. The van der Waals surface area contributed by atoms with Crippen molar-refractivity contribution in [1.82, 2.24) is 4.90 Å². The van der Waals surface area contributed by atoms with E-state index in [-0.39, 0.29) is 23.7 Å². The number of aromatic carboxylic acids is 1. The van der Waals surface area contributed by atoms with Crippen LogP contribution in [0.3, 0.4) is 0 Å². The lowest BCUT2D eigenvalue weighted by Crippen LogP contribution is -2.30. The smallest absolute Gasteiger partial charge is 0.339 e. The van der Waals surface area contributed by atoms with Crippen molar-refractivity contribution < 1.29 is 19.1 Å². The first-order valence-electron chi connectivity index (χ1n) is 6.06. The minimum absolute atomic E-state index is 0.0219. The van der Waals surface area contributed by atoms with Gasteiger partial charge in [-0.2, -0.15) is 0 Å². The minimum atomic E-state index is -1.06. The van der Waals surface area contributed by atoms with Crippen LogP contribution >= 0.6 is 0 Å². The first-order chi connectivity index (χ1) is 8.49. The predicted molar refractivity (Wildman–Crippen MR) is 64.3 cm³/mol. The summed E-state index contributed by atoms with van der Waals surface area (Å²) in [4.78, 5) is 24.7. The molecule has 0 aromatic carbocycles. The van der Waals surface area contributed by atoms with Crippen LogP contribution in [0, 0.1) is 11.8 Å². The lowest BCUT2D eigenvalue weighted by atomic mass is 10.0. The first kappa shape index (κ1) is 12.7. The zero-order chi connectivity index (χ0) is 13.3. The fourth-order valence-corrected chi connectivity index (χ4v) is 2.25. The summed E-state index contributed by atoms with van der Waals surface area (Å²) in [6, 6.07) is 1.38. The number of hydrogen-bond acceptors (Lipinski definition) is 3. The zero-order valence-corrected chi connectivity index (χ0v) is 10.5. The van der Waals surface area contributed by atoms with Gasteiger partial charge in [0.15, 0.2) is 0 Å². The van der Waals surface area contributed by atoms with Gasteiger partial charge in [-0.3, -0.25) is 4.79 Å². The summed E-state index contributed by atoms with van der Waals surface area (Å²) < 4.78 is 5.08. The van der Waals surface area contributed by atoms with E-state index in [0.29, 0.717) is 11.8 Å². The maximum Gasteiger partial charge on any atom is 0.339 e. The van der Waals surface area contributed by atoms with Crippen LogP contribution in [0.4, 0.5) is 0 Å². The van der Waals surface area contributed by atoms with Gasteiger partial charge < -0.3 is 14.4 Å². The number of hydrogen-bond donors (Lipinski definition) is 1. The topological polar surface area (TPSA) is 70.8 Å². The van der Waals surface area contributed by atoms with E-state index in [2.05, 4.69) is 13.8 Å². The summed E-state index contributed by atoms with van der Waals surface area (Å²) in [6.07, 6.45) is 1.33. The van der Waals surface area contributed by atoms with E-state index in [1.165, 1.54) is 12.3 Å². The van der Waals surface area contributed by atoms with Crippen molar-refractivity contribution >= 4 is 11.9 Å². The van der Waals surface area contributed by atoms with Crippen molar-refractivity contribution in [1.29, 1.82) is 0 Å². The molecule has 5 heteroatoms. The van der Waals surface area contributed by atoms with E-state index in [4.69, 9.17) is 9.52 Å². The van der Waals surface area contributed by atoms with Crippen LogP contribution in [0.15, 0.2) is 16.7 Å². The van der Waals surface area contributed by atoms with Gasteiger partial charge in [0.1, 0.15) is 11.3 Å². The Morgan fingerprint density at radius 3 is 2.56 bits per heavy atom. The van der Waals surface area contributed by atoms with Gasteiger partial charge in [-0.1, -0.05) is 13.8 Å². The molecule has 0 saturated carbocycles. The second-order valence-corrected chi connectivity index (χ2v) is 4.99. The van der Waals surface area contributed by atoms with Crippen molar-refractivity contribution in [2.24, 2.45) is 11.8 Å². The van der Waals surface area contributed by atoms with E-state index in [1.54, 1.807) is 4.90 Å². The molecular weight excluding hydrogens is 234 g/mol. The minimum Gasteiger partial charge on any atom is -0.478 e. The Morgan fingerprint density at radius 2 is 2.00 bits per heavy atom. The van der Waals surface area contributed by atoms with Crippen LogP contribution in [0.2, 0.25) is 0 Å². The molecule has 2 rings (SSSR count). The summed E-state index contributed by atoms with van der Waals surface area (Å²) in [7, 11) is 0. The highest BCUT2D eigenvalue weighted by Crippen LogP contribution is 2.23. The summed E-state index contributed by atoms with van der Waals surface area (Å²) >= 11 is 0. The van der Waals surface area contributed by atoms with E-state index in [1.807, 2.05) is 0 Å². The monoisotopic (exact) mass is 251 g/mol. The Labute approximate surface area is 105 Å². The van der Waals surface area contributed by atoms with Gasteiger partial charge in [0.2, 0.25) is 5.91 Å². The average Bonchev–Trinajstić information content (AvgIpc) is 2.87. The second-order valence-electron chi connectivity index (χ2n) is 4.99. The molecule has 0 radical (unpaired) electrons. The molecular formula is C13H17NO4. The third-order valence-corrected chi connectivity index (χ3v) is 3.63. The zero-order valence-electron chi connectivity index (χ0n) is 10.5. The normalized spacial score (nSPS) is 23.3. The molecule has 2 heterocycles. The molecule has 0 bridgehead atoms. The molecule has 2 unspecified atom stereocenters. The molecule has 1 aromatic heterocycles. The Bertz CT molecular complexity index is 455. The maximum atomic E-state index is 12.1. The molecule has 1 aliphatic rings. The molecule has 1 saturated heterocycles. The van der Waals surface area contributed by atoms with Gasteiger partial charge in [0.05, 0.1) is 12.7 Å². The maximum absolute atomic E-state index is 12.1. The number of carbonyl (C=O) groups is 2. The number of furan rings is 1. The molecule has 18 heavy (non-hydrogen) atoms. The summed E-state index contributed by atoms with van der Waals surface area (Å²) in [5.74, 6) is 0.0899. The molecule has 1 fully saturated rings. The number of carbonyl (C=O) groups excluding carboxylic acids is 1. The highest BCUT2D eigenvalue weighted by Gasteiger charge is 2.30. The van der Waals surface area contributed by atoms with Gasteiger partial charge >= 0.3 is 5.97 Å². The van der Waals surface area contributed by atoms with Crippen molar-refractivity contribution in [3.63, 3.8) is 0 Å². The molecule has 0 aliphatic carbocycles. The number of rotatable bonds is 3. The van der Waals surface area contributed by atoms with Gasteiger partial charge in [0, 0.05) is 13.1 Å². The quantitative estimate of drug-likeness (QED) is 0.886. The van der Waals surface area contributed by atoms with E-state index < -0.39 is 5.97 Å². The lowest BCUT2D eigenvalue weighted by molar-refractivity contribution is -0.129. The van der Waals surface area contributed by atoms with Crippen LogP contribution in [-0.2, 0) is 11.2 Å². The molecule has 1 aliphatic heterocycles. The number of carboxylic acid groups (broad SMARTS) is 1.